The van der Waals surface area contributed by atoms with Crippen LogP contribution >= 0.6 is 34.5 Å². The summed E-state index contributed by atoms with van der Waals surface area (Å²) >= 11 is 12.4. The number of carboxylic acid groups (broad SMARTS) is 1. The van der Waals surface area contributed by atoms with Gasteiger partial charge in [0.15, 0.2) is 0 Å². The van der Waals surface area contributed by atoms with Gasteiger partial charge < -0.3 is 9.84 Å². The standard InChI is InChI=1S/C9H11Cl2NO5S2/c1-17-5(2-8(13)14)4-12-19(15,16)6-3-7(10)18-9(6)11/h3,5,12H,2,4H2,1H3,(H,13,14). The maximum Gasteiger partial charge on any atom is 0.306 e. The molecule has 0 radical (unpaired) electrons. The summed E-state index contributed by atoms with van der Waals surface area (Å²) in [5, 5.41) is 8.61. The summed E-state index contributed by atoms with van der Waals surface area (Å²) in [6.07, 6.45) is -1.07. The van der Waals surface area contributed by atoms with Gasteiger partial charge in [-0.05, 0) is 6.07 Å². The van der Waals surface area contributed by atoms with Crippen LogP contribution in [0.1, 0.15) is 6.42 Å². The molecule has 0 fully saturated rings. The van der Waals surface area contributed by atoms with Gasteiger partial charge in [0.1, 0.15) is 9.23 Å². The van der Waals surface area contributed by atoms with Gasteiger partial charge in [0.25, 0.3) is 0 Å². The van der Waals surface area contributed by atoms with E-state index < -0.39 is 22.1 Å². The molecule has 1 unspecified atom stereocenters. The van der Waals surface area contributed by atoms with Gasteiger partial charge in [-0.2, -0.15) is 0 Å². The molecule has 6 nitrogen and oxygen atoms in total. The van der Waals surface area contributed by atoms with E-state index in [2.05, 4.69) is 4.72 Å². The second-order valence-electron chi connectivity index (χ2n) is 3.50. The fourth-order valence-corrected chi connectivity index (χ4v) is 4.44. The Bertz CT molecular complexity index is 557. The van der Waals surface area contributed by atoms with Gasteiger partial charge in [-0.3, -0.25) is 4.79 Å². The molecular weight excluding hydrogens is 337 g/mol. The molecule has 0 bridgehead atoms. The highest BCUT2D eigenvalue weighted by molar-refractivity contribution is 7.89. The number of methoxy groups -OCH3 is 1. The van der Waals surface area contributed by atoms with E-state index in [1.165, 1.54) is 13.2 Å². The molecule has 19 heavy (non-hydrogen) atoms. The number of rotatable bonds is 7. The van der Waals surface area contributed by atoms with E-state index in [9.17, 15) is 13.2 Å². The molecule has 108 valence electrons. The van der Waals surface area contributed by atoms with Gasteiger partial charge in [0.05, 0.1) is 16.9 Å². The first kappa shape index (κ1) is 16.7. The van der Waals surface area contributed by atoms with Crippen LogP contribution in [0.25, 0.3) is 0 Å². The molecule has 1 rings (SSSR count). The first-order valence-corrected chi connectivity index (χ1v) is 8.01. The van der Waals surface area contributed by atoms with Crippen LogP contribution in [0, 0.1) is 0 Å². The monoisotopic (exact) mass is 347 g/mol. The average Bonchev–Trinajstić information content (AvgIpc) is 2.64. The van der Waals surface area contributed by atoms with E-state index in [1.807, 2.05) is 0 Å². The first-order chi connectivity index (χ1) is 8.76. The van der Waals surface area contributed by atoms with Crippen molar-refractivity contribution in [3.05, 3.63) is 14.7 Å². The predicted molar refractivity (Wildman–Crippen MR) is 72.6 cm³/mol. The van der Waals surface area contributed by atoms with Crippen molar-refractivity contribution in [3.63, 3.8) is 0 Å². The number of sulfonamides is 1. The van der Waals surface area contributed by atoms with Gasteiger partial charge in [0, 0.05) is 13.7 Å². The van der Waals surface area contributed by atoms with Crippen molar-refractivity contribution >= 4 is 50.5 Å². The van der Waals surface area contributed by atoms with E-state index in [0.717, 1.165) is 11.3 Å². The van der Waals surface area contributed by atoms with E-state index >= 15 is 0 Å². The number of ether oxygens (including phenoxy) is 1. The Morgan fingerprint density at radius 2 is 2.21 bits per heavy atom. The van der Waals surface area contributed by atoms with Crippen molar-refractivity contribution in [2.75, 3.05) is 13.7 Å². The highest BCUT2D eigenvalue weighted by Gasteiger charge is 2.23. The highest BCUT2D eigenvalue weighted by atomic mass is 35.5. The van der Waals surface area contributed by atoms with Crippen molar-refractivity contribution in [1.29, 1.82) is 0 Å². The largest absolute Gasteiger partial charge is 0.481 e. The summed E-state index contributed by atoms with van der Waals surface area (Å²) in [6.45, 7) is -0.172. The molecule has 0 saturated heterocycles. The van der Waals surface area contributed by atoms with Crippen molar-refractivity contribution in [2.24, 2.45) is 0 Å². The third-order valence-corrected chi connectivity index (χ3v) is 5.33. The SMILES string of the molecule is COC(CNS(=O)(=O)c1cc(Cl)sc1Cl)CC(=O)O. The quantitative estimate of drug-likeness (QED) is 0.784. The van der Waals surface area contributed by atoms with Crippen LogP contribution < -0.4 is 4.72 Å². The molecule has 0 saturated carbocycles. The number of hydrogen-bond acceptors (Lipinski definition) is 5. The lowest BCUT2D eigenvalue weighted by Crippen LogP contribution is -2.34. The van der Waals surface area contributed by atoms with Gasteiger partial charge in [0.2, 0.25) is 10.0 Å². The molecule has 10 heteroatoms. The normalized spacial score (nSPS) is 13.4. The summed E-state index contributed by atoms with van der Waals surface area (Å²) in [5.41, 5.74) is 0. The minimum atomic E-state index is -3.84. The number of carbonyl (C=O) groups is 1. The molecule has 0 aliphatic carbocycles. The van der Waals surface area contributed by atoms with Gasteiger partial charge in [-0.1, -0.05) is 23.2 Å². The Morgan fingerprint density at radius 1 is 1.58 bits per heavy atom. The smallest absolute Gasteiger partial charge is 0.306 e. The van der Waals surface area contributed by atoms with E-state index in [0.29, 0.717) is 0 Å². The Balaban J connectivity index is 2.75. The van der Waals surface area contributed by atoms with Crippen molar-refractivity contribution in [2.45, 2.75) is 17.4 Å². The van der Waals surface area contributed by atoms with Crippen LogP contribution in [0.4, 0.5) is 0 Å². The van der Waals surface area contributed by atoms with Gasteiger partial charge in [-0.15, -0.1) is 11.3 Å². The number of hydrogen-bond donors (Lipinski definition) is 2. The van der Waals surface area contributed by atoms with Crippen LogP contribution in [0.5, 0.6) is 0 Å². The van der Waals surface area contributed by atoms with Crippen LogP contribution in [0.3, 0.4) is 0 Å². The van der Waals surface area contributed by atoms with Crippen LogP contribution in [0.2, 0.25) is 8.67 Å². The predicted octanol–water partition coefficient (Wildman–Crippen LogP) is 1.82. The Kier molecular flexibility index (Phi) is 6.03. The lowest BCUT2D eigenvalue weighted by atomic mass is 10.2. The minimum Gasteiger partial charge on any atom is -0.481 e. The fourth-order valence-electron chi connectivity index (χ4n) is 1.22. The summed E-state index contributed by atoms with van der Waals surface area (Å²) in [5.74, 6) is -1.08. The first-order valence-electron chi connectivity index (χ1n) is 4.95. The molecule has 0 amide bonds. The van der Waals surface area contributed by atoms with E-state index in [4.69, 9.17) is 33.0 Å². The van der Waals surface area contributed by atoms with Crippen molar-refractivity contribution in [3.8, 4) is 0 Å². The number of nitrogens with one attached hydrogen (secondary N) is 1. The highest BCUT2D eigenvalue weighted by Crippen LogP contribution is 2.34. The number of aliphatic carboxylic acids is 1. The molecule has 0 aliphatic rings. The molecule has 1 aromatic rings. The summed E-state index contributed by atoms with van der Waals surface area (Å²) in [4.78, 5) is 10.4. The molecule has 2 N–H and O–H groups in total. The fraction of sp³-hybridized carbons (Fsp3) is 0.444. The Morgan fingerprint density at radius 3 is 2.63 bits per heavy atom. The summed E-state index contributed by atoms with van der Waals surface area (Å²) in [7, 11) is -2.54. The third kappa shape index (κ3) is 4.90. The second-order valence-corrected chi connectivity index (χ2v) is 7.52. The lowest BCUT2D eigenvalue weighted by molar-refractivity contribution is -0.139. The number of halogens is 2. The topological polar surface area (TPSA) is 92.7 Å². The summed E-state index contributed by atoms with van der Waals surface area (Å²) in [6, 6.07) is 1.23. The summed E-state index contributed by atoms with van der Waals surface area (Å²) < 4.78 is 31.2. The van der Waals surface area contributed by atoms with Crippen LogP contribution in [0.15, 0.2) is 11.0 Å². The second kappa shape index (κ2) is 6.87. The zero-order chi connectivity index (χ0) is 14.6. The molecule has 0 aliphatic heterocycles. The van der Waals surface area contributed by atoms with Crippen molar-refractivity contribution < 1.29 is 23.1 Å². The Hall–Kier alpha value is -0.380. The molecule has 1 atom stereocenters. The van der Waals surface area contributed by atoms with Crippen molar-refractivity contribution in [1.82, 2.24) is 4.72 Å². The molecule has 0 spiro atoms. The maximum atomic E-state index is 11.9. The van der Waals surface area contributed by atoms with Gasteiger partial charge in [-0.25, -0.2) is 13.1 Å². The minimum absolute atomic E-state index is 0.0460. The maximum absolute atomic E-state index is 11.9. The zero-order valence-corrected chi connectivity index (χ0v) is 12.9. The van der Waals surface area contributed by atoms with Crippen LogP contribution in [-0.2, 0) is 19.6 Å². The zero-order valence-electron chi connectivity index (χ0n) is 9.72. The molecule has 0 aromatic carbocycles. The molecule has 1 heterocycles. The number of carboxylic acids is 1. The van der Waals surface area contributed by atoms with Gasteiger partial charge >= 0.3 is 5.97 Å². The molecular formula is C9H11Cl2NO5S2. The lowest BCUT2D eigenvalue weighted by Gasteiger charge is -2.13. The van der Waals surface area contributed by atoms with E-state index in [-0.39, 0.29) is 26.5 Å². The van der Waals surface area contributed by atoms with E-state index in [1.54, 1.807) is 0 Å². The number of thiophene rings is 1. The third-order valence-electron chi connectivity index (χ3n) is 2.15. The average molecular weight is 348 g/mol. The Labute approximate surface area is 124 Å². The molecule has 1 aromatic heterocycles. The van der Waals surface area contributed by atoms with Crippen LogP contribution in [-0.4, -0.2) is 39.3 Å².